The average molecular weight is 331 g/mol. The smallest absolute Gasteiger partial charge is 0.322 e. The number of nitrogens with zero attached hydrogens (tertiary/aromatic N) is 6. The maximum Gasteiger partial charge on any atom is 0.322 e. The van der Waals surface area contributed by atoms with Crippen molar-refractivity contribution in [2.24, 2.45) is 0 Å². The monoisotopic (exact) mass is 331 g/mol. The van der Waals surface area contributed by atoms with Gasteiger partial charge in [-0.3, -0.25) is 4.68 Å². The maximum atomic E-state index is 5.24. The van der Waals surface area contributed by atoms with Crippen LogP contribution in [0.15, 0.2) is 18.5 Å². The highest BCUT2D eigenvalue weighted by Gasteiger charge is 2.15. The minimum atomic E-state index is 0.360. The van der Waals surface area contributed by atoms with Crippen molar-refractivity contribution >= 4 is 11.9 Å². The molecule has 0 saturated carbocycles. The summed E-state index contributed by atoms with van der Waals surface area (Å²) < 4.78 is 7.15. The Kier molecular flexibility index (Phi) is 5.81. The first-order valence-electron chi connectivity index (χ1n) is 8.61. The number of nitrogens with one attached hydrogen (secondary N) is 1. The highest BCUT2D eigenvalue weighted by Crippen LogP contribution is 2.19. The molecule has 1 aliphatic rings. The molecule has 0 radical (unpaired) electrons. The average Bonchev–Trinajstić information content (AvgIpc) is 2.98. The number of rotatable bonds is 7. The molecule has 1 aliphatic heterocycles. The Morgan fingerprint density at radius 3 is 2.67 bits per heavy atom. The largest absolute Gasteiger partial charge is 0.467 e. The van der Waals surface area contributed by atoms with Gasteiger partial charge in [-0.15, -0.1) is 0 Å². The van der Waals surface area contributed by atoms with E-state index in [1.54, 1.807) is 13.3 Å². The molecule has 1 saturated heterocycles. The summed E-state index contributed by atoms with van der Waals surface area (Å²) in [5.41, 5.74) is 0. The van der Waals surface area contributed by atoms with E-state index in [2.05, 4.69) is 30.3 Å². The second-order valence-corrected chi connectivity index (χ2v) is 5.90. The van der Waals surface area contributed by atoms with Gasteiger partial charge in [0.25, 0.3) is 0 Å². The van der Waals surface area contributed by atoms with Crippen LogP contribution >= 0.6 is 0 Å². The molecule has 2 aromatic heterocycles. The lowest BCUT2D eigenvalue weighted by Crippen LogP contribution is -2.26. The zero-order valence-electron chi connectivity index (χ0n) is 14.2. The van der Waals surface area contributed by atoms with E-state index >= 15 is 0 Å². The lowest BCUT2D eigenvalue weighted by atomic mass is 10.2. The van der Waals surface area contributed by atoms with Crippen LogP contribution in [0.2, 0.25) is 0 Å². The van der Waals surface area contributed by atoms with Crippen LogP contribution < -0.4 is 15.0 Å². The lowest BCUT2D eigenvalue weighted by molar-refractivity contribution is 0.378. The summed E-state index contributed by atoms with van der Waals surface area (Å²) in [5, 5.41) is 7.46. The van der Waals surface area contributed by atoms with Crippen LogP contribution in [0.1, 0.15) is 32.1 Å². The molecule has 8 heteroatoms. The molecule has 0 atom stereocenters. The van der Waals surface area contributed by atoms with Gasteiger partial charge < -0.3 is 15.0 Å². The number of hydrogen-bond acceptors (Lipinski definition) is 7. The molecular weight excluding hydrogens is 306 g/mol. The fourth-order valence-electron chi connectivity index (χ4n) is 2.80. The van der Waals surface area contributed by atoms with Gasteiger partial charge in [0.15, 0.2) is 0 Å². The Balaban J connectivity index is 1.60. The standard InChI is InChI=1S/C16H25N7O/c1-24-16-20-14(17-8-6-12-23-13-7-9-18-23)19-15(21-16)22-10-4-2-3-5-11-22/h7,9,13H,2-6,8,10-12H2,1H3,(H,17,19,20,21). The van der Waals surface area contributed by atoms with Gasteiger partial charge in [0.2, 0.25) is 11.9 Å². The first-order chi connectivity index (χ1) is 11.8. The SMILES string of the molecule is COc1nc(NCCCn2cccn2)nc(N2CCCCCC2)n1. The Labute approximate surface area is 142 Å². The highest BCUT2D eigenvalue weighted by molar-refractivity contribution is 5.38. The Morgan fingerprint density at radius 2 is 1.96 bits per heavy atom. The number of anilines is 2. The van der Waals surface area contributed by atoms with Gasteiger partial charge in [-0.1, -0.05) is 12.8 Å². The fourth-order valence-corrected chi connectivity index (χ4v) is 2.80. The first kappa shape index (κ1) is 16.5. The summed E-state index contributed by atoms with van der Waals surface area (Å²) in [6, 6.07) is 2.29. The Hall–Kier alpha value is -2.38. The van der Waals surface area contributed by atoms with E-state index in [1.165, 1.54) is 25.7 Å². The topological polar surface area (TPSA) is 81.0 Å². The third kappa shape index (κ3) is 4.56. The van der Waals surface area contributed by atoms with Gasteiger partial charge in [-0.2, -0.15) is 20.1 Å². The van der Waals surface area contributed by atoms with Crippen LogP contribution in [0.5, 0.6) is 6.01 Å². The van der Waals surface area contributed by atoms with Gasteiger partial charge in [0.05, 0.1) is 7.11 Å². The van der Waals surface area contributed by atoms with Crippen molar-refractivity contribution in [2.75, 3.05) is 37.0 Å². The van der Waals surface area contributed by atoms with E-state index in [0.717, 1.165) is 32.6 Å². The summed E-state index contributed by atoms with van der Waals surface area (Å²) in [5.74, 6) is 1.28. The number of methoxy groups -OCH3 is 1. The van der Waals surface area contributed by atoms with E-state index < -0.39 is 0 Å². The second-order valence-electron chi connectivity index (χ2n) is 5.90. The van der Waals surface area contributed by atoms with Crippen LogP contribution in [0.25, 0.3) is 0 Å². The molecule has 130 valence electrons. The molecule has 3 heterocycles. The Bertz CT molecular complexity index is 609. The van der Waals surface area contributed by atoms with Crippen LogP contribution in [0, 0.1) is 0 Å². The molecule has 3 rings (SSSR count). The molecule has 0 aliphatic carbocycles. The molecule has 0 spiro atoms. The summed E-state index contributed by atoms with van der Waals surface area (Å²) in [6.07, 6.45) is 9.60. The number of aromatic nitrogens is 5. The minimum absolute atomic E-state index is 0.360. The molecule has 0 unspecified atom stereocenters. The third-order valence-corrected chi connectivity index (χ3v) is 4.08. The first-order valence-corrected chi connectivity index (χ1v) is 8.61. The van der Waals surface area contributed by atoms with E-state index in [4.69, 9.17) is 4.74 Å². The van der Waals surface area contributed by atoms with Gasteiger partial charge in [-0.25, -0.2) is 0 Å². The van der Waals surface area contributed by atoms with Crippen molar-refractivity contribution in [3.63, 3.8) is 0 Å². The molecule has 0 aromatic carbocycles. The van der Waals surface area contributed by atoms with Crippen LogP contribution in [-0.2, 0) is 6.54 Å². The van der Waals surface area contributed by atoms with Crippen molar-refractivity contribution in [2.45, 2.75) is 38.6 Å². The van der Waals surface area contributed by atoms with Crippen molar-refractivity contribution in [3.8, 4) is 6.01 Å². The van der Waals surface area contributed by atoms with Gasteiger partial charge >= 0.3 is 6.01 Å². The second kappa shape index (κ2) is 8.47. The minimum Gasteiger partial charge on any atom is -0.467 e. The van der Waals surface area contributed by atoms with Crippen molar-refractivity contribution in [3.05, 3.63) is 18.5 Å². The van der Waals surface area contributed by atoms with Gasteiger partial charge in [-0.05, 0) is 25.3 Å². The van der Waals surface area contributed by atoms with Crippen molar-refractivity contribution < 1.29 is 4.74 Å². The molecule has 1 N–H and O–H groups in total. The van der Waals surface area contributed by atoms with Gasteiger partial charge in [0.1, 0.15) is 0 Å². The molecule has 24 heavy (non-hydrogen) atoms. The van der Waals surface area contributed by atoms with E-state index in [-0.39, 0.29) is 0 Å². The predicted molar refractivity (Wildman–Crippen MR) is 92.4 cm³/mol. The normalized spacial score (nSPS) is 15.1. The Morgan fingerprint density at radius 1 is 1.12 bits per heavy atom. The van der Waals surface area contributed by atoms with E-state index in [9.17, 15) is 0 Å². The number of aryl methyl sites for hydroxylation is 1. The molecule has 1 fully saturated rings. The summed E-state index contributed by atoms with van der Waals surface area (Å²) in [6.45, 7) is 3.62. The van der Waals surface area contributed by atoms with E-state index in [0.29, 0.717) is 17.9 Å². The third-order valence-electron chi connectivity index (χ3n) is 4.08. The van der Waals surface area contributed by atoms with Gasteiger partial charge in [0, 0.05) is 38.6 Å². The van der Waals surface area contributed by atoms with Crippen molar-refractivity contribution in [1.82, 2.24) is 24.7 Å². The summed E-state index contributed by atoms with van der Waals surface area (Å²) >= 11 is 0. The molecule has 8 nitrogen and oxygen atoms in total. The summed E-state index contributed by atoms with van der Waals surface area (Å²) in [4.78, 5) is 15.5. The fraction of sp³-hybridized carbons (Fsp3) is 0.625. The number of hydrogen-bond donors (Lipinski definition) is 1. The zero-order valence-corrected chi connectivity index (χ0v) is 14.2. The summed E-state index contributed by atoms with van der Waals surface area (Å²) in [7, 11) is 1.59. The lowest BCUT2D eigenvalue weighted by Gasteiger charge is -2.20. The maximum absolute atomic E-state index is 5.24. The number of ether oxygens (including phenoxy) is 1. The van der Waals surface area contributed by atoms with Crippen LogP contribution in [0.3, 0.4) is 0 Å². The zero-order chi connectivity index (χ0) is 16.6. The predicted octanol–water partition coefficient (Wildman–Crippen LogP) is 1.96. The quantitative estimate of drug-likeness (QED) is 0.777. The van der Waals surface area contributed by atoms with Crippen LogP contribution in [0.4, 0.5) is 11.9 Å². The molecule has 2 aromatic rings. The molecule has 0 amide bonds. The molecular formula is C16H25N7O. The van der Waals surface area contributed by atoms with E-state index in [1.807, 2.05) is 16.9 Å². The van der Waals surface area contributed by atoms with Crippen LogP contribution in [-0.4, -0.2) is 51.5 Å². The highest BCUT2D eigenvalue weighted by atomic mass is 16.5. The molecule has 0 bridgehead atoms. The van der Waals surface area contributed by atoms with Crippen molar-refractivity contribution in [1.29, 1.82) is 0 Å².